The second kappa shape index (κ2) is 6.77. The molecular weight excluding hydrogens is 174 g/mol. The summed E-state index contributed by atoms with van der Waals surface area (Å²) < 4.78 is 0. The number of allylic oxidation sites excluding steroid dienone is 1. The second-order valence-corrected chi connectivity index (χ2v) is 4.59. The Hall–Kier alpha value is -0.630. The average molecular weight is 197 g/mol. The molecule has 0 aromatic carbocycles. The molecule has 0 aromatic rings. The van der Waals surface area contributed by atoms with Gasteiger partial charge in [0.25, 0.3) is 0 Å². The average Bonchev–Trinajstić information content (AvgIpc) is 2.00. The van der Waals surface area contributed by atoms with Crippen molar-refractivity contribution < 1.29 is 4.79 Å². The summed E-state index contributed by atoms with van der Waals surface area (Å²) in [7, 11) is 0. The molecule has 0 aromatic heterocycles. The number of unbranched alkanes of at least 4 members (excludes halogenated alkanes) is 3. The van der Waals surface area contributed by atoms with Crippen LogP contribution < -0.4 is 5.73 Å². The molecule has 2 nitrogen and oxygen atoms in total. The van der Waals surface area contributed by atoms with Gasteiger partial charge in [0.2, 0.25) is 0 Å². The molecule has 2 heteroatoms. The molecule has 0 fully saturated rings. The van der Waals surface area contributed by atoms with Gasteiger partial charge in [-0.2, -0.15) is 0 Å². The van der Waals surface area contributed by atoms with E-state index in [1.807, 2.05) is 19.9 Å². The van der Waals surface area contributed by atoms with E-state index >= 15 is 0 Å². The maximum atomic E-state index is 11.4. The lowest BCUT2D eigenvalue weighted by Crippen LogP contribution is -2.34. The smallest absolute Gasteiger partial charge is 0.134 e. The lowest BCUT2D eigenvalue weighted by atomic mass is 9.96. The fraction of sp³-hybridized carbons (Fsp3) is 0.750. The fourth-order valence-electron chi connectivity index (χ4n) is 1.38. The minimum Gasteiger partial charge on any atom is -0.325 e. The SMILES string of the molecule is C=CCCCCCC(=O)CC(C)(C)N. The summed E-state index contributed by atoms with van der Waals surface area (Å²) >= 11 is 0. The van der Waals surface area contributed by atoms with Crippen LogP contribution >= 0.6 is 0 Å². The predicted molar refractivity (Wildman–Crippen MR) is 61.2 cm³/mol. The summed E-state index contributed by atoms with van der Waals surface area (Å²) in [6.45, 7) is 7.44. The van der Waals surface area contributed by atoms with Crippen molar-refractivity contribution in [3.8, 4) is 0 Å². The third kappa shape index (κ3) is 9.46. The standard InChI is InChI=1S/C12H23NO/c1-4-5-6-7-8-9-11(14)10-12(2,3)13/h4H,1,5-10,13H2,2-3H3. The molecule has 0 spiro atoms. The van der Waals surface area contributed by atoms with E-state index in [1.165, 1.54) is 0 Å². The number of hydrogen-bond donors (Lipinski definition) is 1. The highest BCUT2D eigenvalue weighted by Crippen LogP contribution is 2.10. The highest BCUT2D eigenvalue weighted by Gasteiger charge is 2.15. The van der Waals surface area contributed by atoms with Crippen molar-refractivity contribution in [1.29, 1.82) is 0 Å². The zero-order valence-electron chi connectivity index (χ0n) is 9.51. The number of nitrogens with two attached hydrogens (primary N) is 1. The lowest BCUT2D eigenvalue weighted by Gasteiger charge is -2.16. The number of Topliss-reactive ketones (excluding diaryl/α,β-unsaturated/α-hetero) is 1. The largest absolute Gasteiger partial charge is 0.325 e. The predicted octanol–water partition coefficient (Wildman–Crippen LogP) is 2.82. The van der Waals surface area contributed by atoms with Crippen LogP contribution in [-0.4, -0.2) is 11.3 Å². The van der Waals surface area contributed by atoms with Gasteiger partial charge in [0.05, 0.1) is 0 Å². The first-order chi connectivity index (χ1) is 6.45. The molecule has 0 saturated carbocycles. The Kier molecular flexibility index (Phi) is 6.46. The van der Waals surface area contributed by atoms with Crippen molar-refractivity contribution in [2.45, 2.75) is 57.9 Å². The lowest BCUT2D eigenvalue weighted by molar-refractivity contribution is -0.120. The number of carbonyl (C=O) groups is 1. The zero-order chi connectivity index (χ0) is 11.0. The molecule has 0 amide bonds. The van der Waals surface area contributed by atoms with Gasteiger partial charge >= 0.3 is 0 Å². The van der Waals surface area contributed by atoms with Crippen LogP contribution in [0.4, 0.5) is 0 Å². The Labute approximate surface area is 87.6 Å². The van der Waals surface area contributed by atoms with E-state index in [9.17, 15) is 4.79 Å². The number of ketones is 1. The van der Waals surface area contributed by atoms with Gasteiger partial charge in [0.1, 0.15) is 5.78 Å². The van der Waals surface area contributed by atoms with Gasteiger partial charge in [-0.25, -0.2) is 0 Å². The molecule has 0 rings (SSSR count). The van der Waals surface area contributed by atoms with E-state index in [2.05, 4.69) is 6.58 Å². The first kappa shape index (κ1) is 13.4. The van der Waals surface area contributed by atoms with E-state index < -0.39 is 0 Å². The summed E-state index contributed by atoms with van der Waals surface area (Å²) in [6, 6.07) is 0. The van der Waals surface area contributed by atoms with E-state index in [0.29, 0.717) is 12.8 Å². The quantitative estimate of drug-likeness (QED) is 0.480. The normalized spacial score (nSPS) is 11.4. The fourth-order valence-corrected chi connectivity index (χ4v) is 1.38. The molecule has 82 valence electrons. The minimum absolute atomic E-state index is 0.288. The Morgan fingerprint density at radius 1 is 1.36 bits per heavy atom. The van der Waals surface area contributed by atoms with Crippen LogP contribution in [0.3, 0.4) is 0 Å². The molecule has 0 aliphatic rings. The van der Waals surface area contributed by atoms with Crippen molar-refractivity contribution in [2.24, 2.45) is 5.73 Å². The second-order valence-electron chi connectivity index (χ2n) is 4.59. The molecule has 14 heavy (non-hydrogen) atoms. The maximum absolute atomic E-state index is 11.4. The monoisotopic (exact) mass is 197 g/mol. The molecule has 0 heterocycles. The van der Waals surface area contributed by atoms with Crippen LogP contribution in [0.5, 0.6) is 0 Å². The van der Waals surface area contributed by atoms with Crippen molar-refractivity contribution in [3.63, 3.8) is 0 Å². The first-order valence-corrected chi connectivity index (χ1v) is 5.37. The van der Waals surface area contributed by atoms with E-state index in [-0.39, 0.29) is 11.3 Å². The number of carbonyl (C=O) groups excluding carboxylic acids is 1. The van der Waals surface area contributed by atoms with Gasteiger partial charge in [-0.1, -0.05) is 12.5 Å². The van der Waals surface area contributed by atoms with Gasteiger partial charge in [0.15, 0.2) is 0 Å². The third-order valence-electron chi connectivity index (χ3n) is 2.02. The summed E-state index contributed by atoms with van der Waals surface area (Å²) in [5.74, 6) is 0.288. The highest BCUT2D eigenvalue weighted by molar-refractivity contribution is 5.79. The summed E-state index contributed by atoms with van der Waals surface area (Å²) in [5, 5.41) is 0. The summed E-state index contributed by atoms with van der Waals surface area (Å²) in [6.07, 6.45) is 7.39. The number of hydrogen-bond acceptors (Lipinski definition) is 2. The Balaban J connectivity index is 3.41. The highest BCUT2D eigenvalue weighted by atomic mass is 16.1. The molecule has 0 saturated heterocycles. The molecule has 0 aliphatic heterocycles. The van der Waals surface area contributed by atoms with Gasteiger partial charge < -0.3 is 5.73 Å². The van der Waals surface area contributed by atoms with Gasteiger partial charge in [0, 0.05) is 18.4 Å². The molecule has 0 bridgehead atoms. The van der Waals surface area contributed by atoms with E-state index in [4.69, 9.17) is 5.73 Å². The van der Waals surface area contributed by atoms with Crippen molar-refractivity contribution in [1.82, 2.24) is 0 Å². The third-order valence-corrected chi connectivity index (χ3v) is 2.02. The van der Waals surface area contributed by atoms with E-state index in [1.54, 1.807) is 0 Å². The van der Waals surface area contributed by atoms with Crippen LogP contribution in [0.25, 0.3) is 0 Å². The van der Waals surface area contributed by atoms with Gasteiger partial charge in [-0.3, -0.25) is 4.79 Å². The van der Waals surface area contributed by atoms with Crippen molar-refractivity contribution in [3.05, 3.63) is 12.7 Å². The topological polar surface area (TPSA) is 43.1 Å². The maximum Gasteiger partial charge on any atom is 0.134 e. The van der Waals surface area contributed by atoms with E-state index in [0.717, 1.165) is 25.7 Å². The van der Waals surface area contributed by atoms with Crippen molar-refractivity contribution >= 4 is 5.78 Å². The molecule has 0 unspecified atom stereocenters. The van der Waals surface area contributed by atoms with Crippen molar-refractivity contribution in [2.75, 3.05) is 0 Å². The van der Waals surface area contributed by atoms with Crippen LogP contribution in [0.2, 0.25) is 0 Å². The zero-order valence-corrected chi connectivity index (χ0v) is 9.51. The van der Waals surface area contributed by atoms with Gasteiger partial charge in [-0.05, 0) is 33.1 Å². The van der Waals surface area contributed by atoms with Gasteiger partial charge in [-0.15, -0.1) is 6.58 Å². The Morgan fingerprint density at radius 2 is 2.00 bits per heavy atom. The molecular formula is C12H23NO. The molecule has 2 N–H and O–H groups in total. The van der Waals surface area contributed by atoms with Crippen LogP contribution in [-0.2, 0) is 4.79 Å². The molecule has 0 atom stereocenters. The van der Waals surface area contributed by atoms with Crippen LogP contribution in [0, 0.1) is 0 Å². The summed E-state index contributed by atoms with van der Waals surface area (Å²) in [4.78, 5) is 11.4. The number of rotatable bonds is 8. The first-order valence-electron chi connectivity index (χ1n) is 5.37. The van der Waals surface area contributed by atoms with Crippen LogP contribution in [0.15, 0.2) is 12.7 Å². The summed E-state index contributed by atoms with van der Waals surface area (Å²) in [5.41, 5.74) is 5.41. The minimum atomic E-state index is -0.349. The molecule has 0 radical (unpaired) electrons. The van der Waals surface area contributed by atoms with Crippen LogP contribution in [0.1, 0.15) is 52.4 Å². The Morgan fingerprint density at radius 3 is 2.50 bits per heavy atom. The molecule has 0 aliphatic carbocycles. The Bertz CT molecular complexity index is 179.